The highest BCUT2D eigenvalue weighted by atomic mass is 14.8. The SMILES string of the molecule is N[C@]12CCC[C@H]3C[C@H](CC=C31)C2. The molecule has 12 heavy (non-hydrogen) atoms. The maximum absolute atomic E-state index is 6.42. The zero-order valence-electron chi connectivity index (χ0n) is 7.55. The molecule has 0 unspecified atom stereocenters. The van der Waals surface area contributed by atoms with Gasteiger partial charge in [-0.3, -0.25) is 0 Å². The lowest BCUT2D eigenvalue weighted by Crippen LogP contribution is -2.53. The molecule has 0 heterocycles. The topological polar surface area (TPSA) is 26.0 Å². The van der Waals surface area contributed by atoms with Crippen LogP contribution in [0.25, 0.3) is 0 Å². The first-order chi connectivity index (χ1) is 5.78. The highest BCUT2D eigenvalue weighted by Gasteiger charge is 2.46. The van der Waals surface area contributed by atoms with Gasteiger partial charge in [-0.25, -0.2) is 0 Å². The molecule has 0 saturated heterocycles. The molecule has 0 aromatic carbocycles. The van der Waals surface area contributed by atoms with Crippen molar-refractivity contribution in [3.63, 3.8) is 0 Å². The summed E-state index contributed by atoms with van der Waals surface area (Å²) in [5.41, 5.74) is 8.21. The summed E-state index contributed by atoms with van der Waals surface area (Å²) in [6, 6.07) is 0. The maximum Gasteiger partial charge on any atom is 0.0374 e. The van der Waals surface area contributed by atoms with E-state index < -0.39 is 0 Å². The van der Waals surface area contributed by atoms with Crippen LogP contribution in [0.15, 0.2) is 11.6 Å². The van der Waals surface area contributed by atoms with E-state index in [1.165, 1.54) is 38.5 Å². The Morgan fingerprint density at radius 1 is 1.50 bits per heavy atom. The molecule has 4 bridgehead atoms. The summed E-state index contributed by atoms with van der Waals surface area (Å²) in [6.07, 6.45) is 10.6. The molecule has 0 aromatic heterocycles. The zero-order chi connectivity index (χ0) is 8.18. The fourth-order valence-electron chi connectivity index (χ4n) is 3.68. The minimum Gasteiger partial charge on any atom is -0.322 e. The Morgan fingerprint density at radius 2 is 2.42 bits per heavy atom. The second kappa shape index (κ2) is 2.14. The summed E-state index contributed by atoms with van der Waals surface area (Å²) < 4.78 is 0. The van der Waals surface area contributed by atoms with Crippen molar-refractivity contribution in [1.82, 2.24) is 0 Å². The van der Waals surface area contributed by atoms with Crippen LogP contribution in [0, 0.1) is 11.8 Å². The first kappa shape index (κ1) is 7.14. The van der Waals surface area contributed by atoms with Gasteiger partial charge in [0.25, 0.3) is 0 Å². The zero-order valence-corrected chi connectivity index (χ0v) is 7.55. The molecule has 2 saturated carbocycles. The minimum absolute atomic E-state index is 0.157. The summed E-state index contributed by atoms with van der Waals surface area (Å²) in [6.45, 7) is 0. The van der Waals surface area contributed by atoms with Crippen LogP contribution in [0.4, 0.5) is 0 Å². The van der Waals surface area contributed by atoms with E-state index in [2.05, 4.69) is 6.08 Å². The molecule has 0 aromatic rings. The van der Waals surface area contributed by atoms with Crippen LogP contribution in [0.3, 0.4) is 0 Å². The monoisotopic (exact) mass is 163 g/mol. The van der Waals surface area contributed by atoms with Gasteiger partial charge >= 0.3 is 0 Å². The lowest BCUT2D eigenvalue weighted by Gasteiger charge is -2.51. The minimum atomic E-state index is 0.157. The lowest BCUT2D eigenvalue weighted by atomic mass is 9.57. The molecular weight excluding hydrogens is 146 g/mol. The third-order valence-corrected chi connectivity index (χ3v) is 4.13. The standard InChI is InChI=1S/C11H17N/c12-11-5-1-2-9-6-8(7-11)3-4-10(9)11/h4,8-9H,1-3,5-7,12H2/t8-,9-,11-/m0/s1. The van der Waals surface area contributed by atoms with Crippen LogP contribution in [0.2, 0.25) is 0 Å². The van der Waals surface area contributed by atoms with E-state index in [1.54, 1.807) is 5.57 Å². The molecule has 4 rings (SSSR count). The van der Waals surface area contributed by atoms with E-state index in [0.717, 1.165) is 11.8 Å². The fourth-order valence-corrected chi connectivity index (χ4v) is 3.68. The normalized spacial score (nSPS) is 50.6. The van der Waals surface area contributed by atoms with Gasteiger partial charge in [0.05, 0.1) is 0 Å². The molecule has 3 atom stereocenters. The molecule has 2 N–H and O–H groups in total. The molecule has 4 aliphatic carbocycles. The Kier molecular flexibility index (Phi) is 1.27. The number of hydrogen-bond donors (Lipinski definition) is 1. The summed E-state index contributed by atoms with van der Waals surface area (Å²) in [4.78, 5) is 0. The van der Waals surface area contributed by atoms with Crippen LogP contribution in [0.5, 0.6) is 0 Å². The summed E-state index contributed by atoms with van der Waals surface area (Å²) in [7, 11) is 0. The molecule has 2 fully saturated rings. The Labute approximate surface area is 74.0 Å². The van der Waals surface area contributed by atoms with Crippen molar-refractivity contribution >= 4 is 0 Å². The van der Waals surface area contributed by atoms with Crippen molar-refractivity contribution in [2.24, 2.45) is 17.6 Å². The quantitative estimate of drug-likeness (QED) is 0.544. The molecule has 1 heteroatoms. The van der Waals surface area contributed by atoms with Crippen molar-refractivity contribution in [2.75, 3.05) is 0 Å². The van der Waals surface area contributed by atoms with E-state index in [1.807, 2.05) is 0 Å². The van der Waals surface area contributed by atoms with Gasteiger partial charge in [0.15, 0.2) is 0 Å². The van der Waals surface area contributed by atoms with Crippen LogP contribution in [-0.4, -0.2) is 5.54 Å². The van der Waals surface area contributed by atoms with Crippen molar-refractivity contribution < 1.29 is 0 Å². The van der Waals surface area contributed by atoms with Crippen molar-refractivity contribution in [1.29, 1.82) is 0 Å². The van der Waals surface area contributed by atoms with E-state index >= 15 is 0 Å². The van der Waals surface area contributed by atoms with Gasteiger partial charge in [-0.05, 0) is 43.9 Å². The van der Waals surface area contributed by atoms with Crippen LogP contribution >= 0.6 is 0 Å². The molecule has 66 valence electrons. The second-order valence-corrected chi connectivity index (χ2v) is 4.95. The predicted octanol–water partition coefficient (Wildman–Crippen LogP) is 2.22. The van der Waals surface area contributed by atoms with Gasteiger partial charge in [-0.15, -0.1) is 0 Å². The van der Waals surface area contributed by atoms with Gasteiger partial charge in [0.2, 0.25) is 0 Å². The van der Waals surface area contributed by atoms with Gasteiger partial charge in [-0.2, -0.15) is 0 Å². The van der Waals surface area contributed by atoms with Crippen LogP contribution in [-0.2, 0) is 0 Å². The summed E-state index contributed by atoms with van der Waals surface area (Å²) >= 11 is 0. The number of hydrogen-bond acceptors (Lipinski definition) is 1. The lowest BCUT2D eigenvalue weighted by molar-refractivity contribution is 0.161. The maximum atomic E-state index is 6.42. The first-order valence-electron chi connectivity index (χ1n) is 5.27. The molecule has 0 radical (unpaired) electrons. The number of rotatable bonds is 0. The van der Waals surface area contributed by atoms with Gasteiger partial charge in [0, 0.05) is 5.54 Å². The second-order valence-electron chi connectivity index (χ2n) is 4.95. The van der Waals surface area contributed by atoms with Gasteiger partial charge in [-0.1, -0.05) is 18.1 Å². The fraction of sp³-hybridized carbons (Fsp3) is 0.818. The number of fused-ring (bicyclic) bond motifs is 1. The molecule has 0 spiro atoms. The summed E-state index contributed by atoms with van der Waals surface area (Å²) in [5.74, 6) is 1.81. The molecule has 4 aliphatic rings. The Bertz CT molecular complexity index is 243. The molecular formula is C11H17N. The first-order valence-corrected chi connectivity index (χ1v) is 5.27. The molecule has 0 amide bonds. The third-order valence-electron chi connectivity index (χ3n) is 4.13. The van der Waals surface area contributed by atoms with E-state index in [9.17, 15) is 0 Å². The van der Waals surface area contributed by atoms with Crippen molar-refractivity contribution in [3.05, 3.63) is 11.6 Å². The van der Waals surface area contributed by atoms with E-state index in [-0.39, 0.29) is 5.54 Å². The summed E-state index contributed by atoms with van der Waals surface area (Å²) in [5, 5.41) is 0. The number of allylic oxidation sites excluding steroid dienone is 1. The van der Waals surface area contributed by atoms with E-state index in [4.69, 9.17) is 5.73 Å². The molecule has 0 aliphatic heterocycles. The Balaban J connectivity index is 2.06. The average molecular weight is 163 g/mol. The van der Waals surface area contributed by atoms with Crippen molar-refractivity contribution in [3.8, 4) is 0 Å². The van der Waals surface area contributed by atoms with Crippen molar-refractivity contribution in [2.45, 2.75) is 44.1 Å². The predicted molar refractivity (Wildman–Crippen MR) is 49.7 cm³/mol. The van der Waals surface area contributed by atoms with E-state index in [0.29, 0.717) is 0 Å². The average Bonchev–Trinajstić information content (AvgIpc) is 2.03. The highest BCUT2D eigenvalue weighted by molar-refractivity contribution is 5.31. The number of nitrogens with two attached hydrogens (primary N) is 1. The molecule has 1 nitrogen and oxygen atoms in total. The Hall–Kier alpha value is -0.300. The van der Waals surface area contributed by atoms with Crippen LogP contribution < -0.4 is 5.73 Å². The van der Waals surface area contributed by atoms with Crippen LogP contribution in [0.1, 0.15) is 38.5 Å². The highest BCUT2D eigenvalue weighted by Crippen LogP contribution is 2.52. The van der Waals surface area contributed by atoms with Gasteiger partial charge < -0.3 is 5.73 Å². The smallest absolute Gasteiger partial charge is 0.0374 e. The largest absolute Gasteiger partial charge is 0.322 e. The van der Waals surface area contributed by atoms with Gasteiger partial charge in [0.1, 0.15) is 0 Å². The third kappa shape index (κ3) is 0.779. The Morgan fingerprint density at radius 3 is 3.08 bits per heavy atom.